The number of nitrogens with one attached hydrogen (secondary N) is 1. The van der Waals surface area contributed by atoms with Gasteiger partial charge in [-0.25, -0.2) is 13.4 Å². The second-order valence-electron chi connectivity index (χ2n) is 4.85. The first-order chi connectivity index (χ1) is 9.11. The van der Waals surface area contributed by atoms with E-state index in [1.54, 1.807) is 6.20 Å². The third kappa shape index (κ3) is 4.09. The molecule has 0 aromatic carbocycles. The first-order valence-corrected chi connectivity index (χ1v) is 8.45. The van der Waals surface area contributed by atoms with Crippen LogP contribution in [-0.2, 0) is 9.84 Å². The number of pyridine rings is 1. The molecule has 1 unspecified atom stereocenters. The third-order valence-corrected chi connectivity index (χ3v) is 4.95. The molecule has 0 aliphatic carbocycles. The summed E-state index contributed by atoms with van der Waals surface area (Å²) in [6, 6.07) is 3.70. The van der Waals surface area contributed by atoms with Gasteiger partial charge in [-0.1, -0.05) is 6.92 Å². The summed E-state index contributed by atoms with van der Waals surface area (Å²) in [6.45, 7) is 3.32. The van der Waals surface area contributed by atoms with Crippen molar-refractivity contribution < 1.29 is 13.2 Å². The molecular weight excluding hydrogens is 264 g/mol. The van der Waals surface area contributed by atoms with Crippen LogP contribution in [0.5, 0.6) is 5.75 Å². The molecule has 2 heterocycles. The summed E-state index contributed by atoms with van der Waals surface area (Å²) < 4.78 is 28.4. The molecule has 1 aliphatic heterocycles. The average molecular weight is 284 g/mol. The minimum absolute atomic E-state index is 0.172. The molecule has 1 atom stereocenters. The number of nitrogens with zero attached hydrogens (tertiary/aromatic N) is 1. The zero-order chi connectivity index (χ0) is 13.7. The minimum Gasteiger partial charge on any atom is -0.490 e. The molecule has 1 aromatic heterocycles. The van der Waals surface area contributed by atoms with Crippen LogP contribution in [-0.4, -0.2) is 38.1 Å². The highest BCUT2D eigenvalue weighted by molar-refractivity contribution is 7.91. The summed E-state index contributed by atoms with van der Waals surface area (Å²) in [5, 5.41) is 3.20. The maximum atomic E-state index is 11.4. The molecule has 19 heavy (non-hydrogen) atoms. The van der Waals surface area contributed by atoms with Crippen molar-refractivity contribution in [3.05, 3.63) is 18.3 Å². The van der Waals surface area contributed by atoms with Crippen molar-refractivity contribution in [1.82, 2.24) is 4.98 Å². The highest BCUT2D eigenvalue weighted by Gasteiger charge is 2.27. The lowest BCUT2D eigenvalue weighted by molar-refractivity contribution is 0.317. The third-order valence-electron chi connectivity index (χ3n) is 3.12. The lowest BCUT2D eigenvalue weighted by Gasteiger charge is -2.13. The zero-order valence-electron chi connectivity index (χ0n) is 11.1. The summed E-state index contributed by atoms with van der Waals surface area (Å²) in [6.07, 6.45) is 3.37. The van der Waals surface area contributed by atoms with Crippen LogP contribution < -0.4 is 10.1 Å². The van der Waals surface area contributed by atoms with Gasteiger partial charge >= 0.3 is 0 Å². The van der Waals surface area contributed by atoms with Gasteiger partial charge in [-0.3, -0.25) is 0 Å². The molecule has 2 rings (SSSR count). The van der Waals surface area contributed by atoms with Gasteiger partial charge in [0.25, 0.3) is 0 Å². The van der Waals surface area contributed by atoms with Crippen molar-refractivity contribution in [2.24, 2.45) is 5.92 Å². The number of anilines is 1. The van der Waals surface area contributed by atoms with E-state index in [1.165, 1.54) is 0 Å². The lowest BCUT2D eigenvalue weighted by Crippen LogP contribution is -2.16. The predicted molar refractivity (Wildman–Crippen MR) is 75.3 cm³/mol. The van der Waals surface area contributed by atoms with Crippen LogP contribution in [0.2, 0.25) is 0 Å². The molecule has 5 nitrogen and oxygen atoms in total. The van der Waals surface area contributed by atoms with Gasteiger partial charge in [0.15, 0.2) is 21.4 Å². The molecule has 0 saturated carbocycles. The SMILES string of the molecule is CCCOc1cccnc1NCC1CCS(=O)(=O)C1. The van der Waals surface area contributed by atoms with Gasteiger partial charge in [-0.2, -0.15) is 0 Å². The number of ether oxygens (including phenoxy) is 1. The van der Waals surface area contributed by atoms with Gasteiger partial charge in [0.2, 0.25) is 0 Å². The first kappa shape index (κ1) is 14.1. The van der Waals surface area contributed by atoms with Crippen molar-refractivity contribution in [2.75, 3.05) is 30.0 Å². The fraction of sp³-hybridized carbons (Fsp3) is 0.615. The van der Waals surface area contributed by atoms with Crippen molar-refractivity contribution in [1.29, 1.82) is 0 Å². The normalized spacial score (nSPS) is 21.2. The number of hydrogen-bond donors (Lipinski definition) is 1. The Balaban J connectivity index is 1.92. The molecule has 106 valence electrons. The largest absolute Gasteiger partial charge is 0.490 e. The van der Waals surface area contributed by atoms with E-state index >= 15 is 0 Å². The van der Waals surface area contributed by atoms with E-state index in [-0.39, 0.29) is 11.7 Å². The lowest BCUT2D eigenvalue weighted by atomic mass is 10.1. The maximum absolute atomic E-state index is 11.4. The maximum Gasteiger partial charge on any atom is 0.168 e. The second kappa shape index (κ2) is 6.23. The number of sulfone groups is 1. The Bertz CT molecular complexity index is 516. The van der Waals surface area contributed by atoms with Crippen molar-refractivity contribution in [3.8, 4) is 5.75 Å². The molecule has 0 amide bonds. The van der Waals surface area contributed by atoms with Crippen molar-refractivity contribution in [2.45, 2.75) is 19.8 Å². The first-order valence-electron chi connectivity index (χ1n) is 6.63. The molecule has 0 radical (unpaired) electrons. The highest BCUT2D eigenvalue weighted by atomic mass is 32.2. The zero-order valence-corrected chi connectivity index (χ0v) is 11.9. The summed E-state index contributed by atoms with van der Waals surface area (Å²) in [5.41, 5.74) is 0. The fourth-order valence-electron chi connectivity index (χ4n) is 2.13. The number of hydrogen-bond acceptors (Lipinski definition) is 5. The minimum atomic E-state index is -2.82. The van der Waals surface area contributed by atoms with Crippen LogP contribution in [0.4, 0.5) is 5.82 Å². The smallest absolute Gasteiger partial charge is 0.168 e. The monoisotopic (exact) mass is 284 g/mol. The molecule has 1 saturated heterocycles. The van der Waals surface area contributed by atoms with E-state index in [1.807, 2.05) is 19.1 Å². The van der Waals surface area contributed by atoms with Crippen LogP contribution in [0.15, 0.2) is 18.3 Å². The van der Waals surface area contributed by atoms with E-state index in [2.05, 4.69) is 10.3 Å². The topological polar surface area (TPSA) is 68.3 Å². The Kier molecular flexibility index (Phi) is 4.63. The van der Waals surface area contributed by atoms with Gasteiger partial charge < -0.3 is 10.1 Å². The van der Waals surface area contributed by atoms with Gasteiger partial charge in [0.05, 0.1) is 18.1 Å². The summed E-state index contributed by atoms with van der Waals surface area (Å²) in [4.78, 5) is 4.24. The molecule has 6 heteroatoms. The Morgan fingerprint density at radius 2 is 2.37 bits per heavy atom. The molecule has 0 bridgehead atoms. The standard InChI is InChI=1S/C13H20N2O3S/c1-2-7-18-12-4-3-6-14-13(12)15-9-11-5-8-19(16,17)10-11/h3-4,6,11H,2,5,7-10H2,1H3,(H,14,15). The fourth-order valence-corrected chi connectivity index (χ4v) is 3.99. The summed E-state index contributed by atoms with van der Waals surface area (Å²) >= 11 is 0. The quantitative estimate of drug-likeness (QED) is 0.861. The Morgan fingerprint density at radius 3 is 3.05 bits per heavy atom. The predicted octanol–water partition coefficient (Wildman–Crippen LogP) is 1.72. The number of aromatic nitrogens is 1. The van der Waals surface area contributed by atoms with Crippen LogP contribution in [0, 0.1) is 5.92 Å². The molecule has 1 fully saturated rings. The van der Waals surface area contributed by atoms with E-state index in [0.717, 1.165) is 18.6 Å². The van der Waals surface area contributed by atoms with E-state index in [4.69, 9.17) is 4.74 Å². The Labute approximate surface area is 114 Å². The van der Waals surface area contributed by atoms with Crippen molar-refractivity contribution in [3.63, 3.8) is 0 Å². The Hall–Kier alpha value is -1.30. The van der Waals surface area contributed by atoms with Crippen molar-refractivity contribution >= 4 is 15.7 Å². The summed E-state index contributed by atoms with van der Waals surface area (Å²) in [7, 11) is -2.82. The van der Waals surface area contributed by atoms with Crippen LogP contribution in [0.1, 0.15) is 19.8 Å². The van der Waals surface area contributed by atoms with Gasteiger partial charge in [0.1, 0.15) is 0 Å². The van der Waals surface area contributed by atoms with Crippen LogP contribution in [0.25, 0.3) is 0 Å². The molecule has 1 aromatic rings. The second-order valence-corrected chi connectivity index (χ2v) is 7.08. The van der Waals surface area contributed by atoms with Crippen LogP contribution in [0.3, 0.4) is 0 Å². The number of rotatable bonds is 6. The average Bonchev–Trinajstić information content (AvgIpc) is 2.74. The van der Waals surface area contributed by atoms with Gasteiger partial charge in [-0.15, -0.1) is 0 Å². The highest BCUT2D eigenvalue weighted by Crippen LogP contribution is 2.23. The summed E-state index contributed by atoms with van der Waals surface area (Å²) in [5.74, 6) is 2.18. The van der Waals surface area contributed by atoms with Gasteiger partial charge in [0, 0.05) is 12.7 Å². The van der Waals surface area contributed by atoms with E-state index in [9.17, 15) is 8.42 Å². The molecule has 1 aliphatic rings. The van der Waals surface area contributed by atoms with Crippen LogP contribution >= 0.6 is 0 Å². The molecular formula is C13H20N2O3S. The van der Waals surface area contributed by atoms with E-state index < -0.39 is 9.84 Å². The Morgan fingerprint density at radius 1 is 1.53 bits per heavy atom. The van der Waals surface area contributed by atoms with Gasteiger partial charge in [-0.05, 0) is 30.9 Å². The van der Waals surface area contributed by atoms with E-state index in [0.29, 0.717) is 24.7 Å². The molecule has 0 spiro atoms. The molecule has 1 N–H and O–H groups in total.